The number of amides is 2. The fourth-order valence-corrected chi connectivity index (χ4v) is 6.89. The van der Waals surface area contributed by atoms with Crippen LogP contribution in [0.4, 0.5) is 11.4 Å². The van der Waals surface area contributed by atoms with Crippen molar-refractivity contribution in [2.75, 3.05) is 49.2 Å². The summed E-state index contributed by atoms with van der Waals surface area (Å²) in [5.74, 6) is -2.71. The molecular formula is C30H39N3O6. The lowest BCUT2D eigenvalue weighted by atomic mass is 9.73. The first-order valence-electron chi connectivity index (χ1n) is 14.2. The Hall–Kier alpha value is -3.17. The van der Waals surface area contributed by atoms with E-state index in [1.54, 1.807) is 15.9 Å². The van der Waals surface area contributed by atoms with Crippen molar-refractivity contribution in [2.45, 2.75) is 57.3 Å². The van der Waals surface area contributed by atoms with E-state index in [2.05, 4.69) is 18.7 Å². The van der Waals surface area contributed by atoms with Gasteiger partial charge >= 0.3 is 5.97 Å². The smallest absolute Gasteiger partial charge is 0.313 e. The first-order valence-corrected chi connectivity index (χ1v) is 14.2. The maximum absolute atomic E-state index is 14.5. The Kier molecular flexibility index (Phi) is 7.57. The van der Waals surface area contributed by atoms with Crippen LogP contribution < -0.4 is 9.80 Å². The van der Waals surface area contributed by atoms with Gasteiger partial charge in [0, 0.05) is 44.2 Å². The Balaban J connectivity index is 1.57. The van der Waals surface area contributed by atoms with Gasteiger partial charge in [0.1, 0.15) is 29.8 Å². The highest BCUT2D eigenvalue weighted by atomic mass is 16.6. The number of carbonyl (C=O) groups excluding carboxylic acids is 3. The van der Waals surface area contributed by atoms with Crippen molar-refractivity contribution >= 4 is 29.2 Å². The zero-order valence-corrected chi connectivity index (χ0v) is 23.0. The van der Waals surface area contributed by atoms with Gasteiger partial charge in [0.25, 0.3) is 5.91 Å². The van der Waals surface area contributed by atoms with Crippen molar-refractivity contribution in [1.82, 2.24) is 4.90 Å². The molecule has 0 aliphatic carbocycles. The second kappa shape index (κ2) is 10.8. The number of aliphatic hydroxyl groups is 1. The van der Waals surface area contributed by atoms with Crippen LogP contribution in [-0.4, -0.2) is 84.4 Å². The van der Waals surface area contributed by atoms with Crippen LogP contribution in [0.2, 0.25) is 0 Å². The average molecular weight is 538 g/mol. The predicted molar refractivity (Wildman–Crippen MR) is 147 cm³/mol. The molecule has 0 radical (unpaired) electrons. The van der Waals surface area contributed by atoms with Crippen LogP contribution in [0.15, 0.2) is 48.6 Å². The Morgan fingerprint density at radius 3 is 2.38 bits per heavy atom. The lowest BCUT2D eigenvalue weighted by molar-refractivity contribution is -0.157. The number of fused-ring (bicyclic) bond motifs is 2. The fourth-order valence-electron chi connectivity index (χ4n) is 6.89. The number of esters is 1. The lowest BCUT2D eigenvalue weighted by Crippen LogP contribution is -2.56. The molecule has 5 rings (SSSR count). The molecule has 1 unspecified atom stereocenters. The van der Waals surface area contributed by atoms with Gasteiger partial charge in [-0.15, -0.1) is 0 Å². The van der Waals surface area contributed by atoms with Crippen LogP contribution in [-0.2, 0) is 23.9 Å². The molecule has 0 aromatic heterocycles. The van der Waals surface area contributed by atoms with Gasteiger partial charge in [-0.2, -0.15) is 0 Å². The molecule has 5 atom stereocenters. The highest BCUT2D eigenvalue weighted by Gasteiger charge is 2.75. The number of aliphatic hydroxyl groups excluding tert-OH is 1. The Morgan fingerprint density at radius 2 is 1.72 bits per heavy atom. The maximum atomic E-state index is 14.5. The summed E-state index contributed by atoms with van der Waals surface area (Å²) < 4.78 is 12.3. The first kappa shape index (κ1) is 27.4. The first-order chi connectivity index (χ1) is 18.9. The minimum atomic E-state index is -1.30. The summed E-state index contributed by atoms with van der Waals surface area (Å²) in [5, 5.41) is 9.38. The zero-order chi connectivity index (χ0) is 27.8. The molecule has 2 saturated heterocycles. The van der Waals surface area contributed by atoms with Gasteiger partial charge in [-0.25, -0.2) is 0 Å². The summed E-state index contributed by atoms with van der Waals surface area (Å²) in [6.07, 6.45) is 8.85. The van der Waals surface area contributed by atoms with Crippen LogP contribution in [0.3, 0.4) is 0 Å². The molecule has 4 aliphatic heterocycles. The van der Waals surface area contributed by atoms with Gasteiger partial charge < -0.3 is 29.3 Å². The molecule has 4 heterocycles. The summed E-state index contributed by atoms with van der Waals surface area (Å²) in [4.78, 5) is 47.4. The number of anilines is 2. The zero-order valence-electron chi connectivity index (χ0n) is 23.0. The molecule has 1 N–H and O–H groups in total. The van der Waals surface area contributed by atoms with Crippen molar-refractivity contribution in [3.05, 3.63) is 48.6 Å². The second-order valence-electron chi connectivity index (χ2n) is 10.7. The number of hydrogen-bond acceptors (Lipinski definition) is 7. The highest BCUT2D eigenvalue weighted by molar-refractivity contribution is 6.05. The van der Waals surface area contributed by atoms with Crippen LogP contribution in [0, 0.1) is 11.8 Å². The number of benzene rings is 1. The summed E-state index contributed by atoms with van der Waals surface area (Å²) in [7, 11) is 0. The van der Waals surface area contributed by atoms with Gasteiger partial charge in [0.2, 0.25) is 5.91 Å². The molecule has 1 aromatic carbocycles. The quantitative estimate of drug-likeness (QED) is 0.294. The van der Waals surface area contributed by atoms with Crippen LogP contribution >= 0.6 is 0 Å². The molecule has 1 spiro atoms. The topological polar surface area (TPSA) is 99.6 Å². The van der Waals surface area contributed by atoms with Crippen LogP contribution in [0.25, 0.3) is 0 Å². The molecule has 0 saturated carbocycles. The van der Waals surface area contributed by atoms with E-state index < -0.39 is 35.0 Å². The second-order valence-corrected chi connectivity index (χ2v) is 10.7. The number of unbranched alkanes of at least 4 members (excludes halogenated alkanes) is 1. The molecule has 4 aliphatic rings. The molecule has 1 aromatic rings. The van der Waals surface area contributed by atoms with E-state index in [9.17, 15) is 19.5 Å². The van der Waals surface area contributed by atoms with E-state index in [-0.39, 0.29) is 31.6 Å². The summed E-state index contributed by atoms with van der Waals surface area (Å²) in [6, 6.07) is 6.97. The molecule has 210 valence electrons. The predicted octanol–water partition coefficient (Wildman–Crippen LogP) is 2.68. The summed E-state index contributed by atoms with van der Waals surface area (Å²) >= 11 is 0. The van der Waals surface area contributed by atoms with E-state index in [4.69, 9.17) is 9.47 Å². The molecular weight excluding hydrogens is 498 g/mol. The molecule has 2 fully saturated rings. The van der Waals surface area contributed by atoms with Crippen molar-refractivity contribution in [3.8, 4) is 0 Å². The fraction of sp³-hybridized carbons (Fsp3) is 0.567. The number of hydrogen-bond donors (Lipinski definition) is 1. The van der Waals surface area contributed by atoms with Gasteiger partial charge in [-0.05, 0) is 63.5 Å². The SMILES string of the molecule is CCN(CC)c1ccc(N2CC=C[C@]34O[C@]5(CC)C=CCOC(=O)[C@@H]5[C@H]3C(=O)N(CCCCO)C4C2=O)cc1. The summed E-state index contributed by atoms with van der Waals surface area (Å²) in [5.41, 5.74) is -0.520. The van der Waals surface area contributed by atoms with Crippen LogP contribution in [0.5, 0.6) is 0 Å². The summed E-state index contributed by atoms with van der Waals surface area (Å²) in [6.45, 7) is 8.64. The Labute approximate surface area is 230 Å². The molecule has 9 nitrogen and oxygen atoms in total. The van der Waals surface area contributed by atoms with Gasteiger partial charge in [0.15, 0.2) is 0 Å². The van der Waals surface area contributed by atoms with E-state index in [1.165, 1.54) is 0 Å². The number of cyclic esters (lactones) is 1. The monoisotopic (exact) mass is 537 g/mol. The van der Waals surface area contributed by atoms with E-state index in [1.807, 2.05) is 49.4 Å². The van der Waals surface area contributed by atoms with Gasteiger partial charge in [0.05, 0.1) is 5.92 Å². The standard InChI is InChI=1S/C30H39N3O6/c1-4-29-15-10-20-38-28(37)24(29)23-26(35)33(17-7-8-19-34)25-27(36)32(18-9-16-30(23,25)39-29)22-13-11-21(12-14-22)31(5-2)6-3/h9-16,23-25,34H,4-8,17-20H2,1-3H3/t23-,24-,25?,29+,30-/m0/s1. The normalized spacial score (nSPS) is 31.5. The van der Waals surface area contributed by atoms with E-state index in [0.29, 0.717) is 25.8 Å². The third kappa shape index (κ3) is 4.26. The third-order valence-electron chi connectivity index (χ3n) is 8.79. The lowest BCUT2D eigenvalue weighted by Gasteiger charge is -2.38. The Bertz CT molecular complexity index is 1160. The van der Waals surface area contributed by atoms with Gasteiger partial charge in [-0.1, -0.05) is 25.2 Å². The molecule has 0 bridgehead atoms. The molecule has 9 heteroatoms. The van der Waals surface area contributed by atoms with E-state index >= 15 is 0 Å². The van der Waals surface area contributed by atoms with Gasteiger partial charge in [-0.3, -0.25) is 14.4 Å². The van der Waals surface area contributed by atoms with Crippen molar-refractivity contribution < 1.29 is 29.0 Å². The number of nitrogens with zero attached hydrogens (tertiary/aromatic N) is 3. The van der Waals surface area contributed by atoms with Crippen molar-refractivity contribution in [3.63, 3.8) is 0 Å². The minimum Gasteiger partial charge on any atom is -0.461 e. The van der Waals surface area contributed by atoms with Crippen LogP contribution in [0.1, 0.15) is 40.0 Å². The maximum Gasteiger partial charge on any atom is 0.313 e. The largest absolute Gasteiger partial charge is 0.461 e. The van der Waals surface area contributed by atoms with Crippen molar-refractivity contribution in [2.24, 2.45) is 11.8 Å². The third-order valence-corrected chi connectivity index (χ3v) is 8.79. The highest BCUT2D eigenvalue weighted by Crippen LogP contribution is 2.58. The average Bonchev–Trinajstić information content (AvgIpc) is 3.21. The number of carbonyl (C=O) groups is 3. The minimum absolute atomic E-state index is 0.00464. The molecule has 2 amide bonds. The van der Waals surface area contributed by atoms with E-state index in [0.717, 1.165) is 24.5 Å². The number of rotatable bonds is 9. The number of likely N-dealkylation sites (tertiary alicyclic amines) is 1. The Morgan fingerprint density at radius 1 is 0.974 bits per heavy atom. The molecule has 39 heavy (non-hydrogen) atoms. The number of ether oxygens (including phenoxy) is 2. The van der Waals surface area contributed by atoms with Crippen molar-refractivity contribution in [1.29, 1.82) is 0 Å².